The van der Waals surface area contributed by atoms with Gasteiger partial charge in [0.05, 0.1) is 25.0 Å². The van der Waals surface area contributed by atoms with Gasteiger partial charge in [0.1, 0.15) is 11.6 Å². The van der Waals surface area contributed by atoms with Gasteiger partial charge in [0.15, 0.2) is 0 Å². The van der Waals surface area contributed by atoms with Crippen LogP contribution in [0.15, 0.2) is 54.9 Å². The second-order valence-electron chi connectivity index (χ2n) is 4.91. The van der Waals surface area contributed by atoms with Gasteiger partial charge in [-0.05, 0) is 36.4 Å². The zero-order chi connectivity index (χ0) is 16.8. The SMILES string of the molecule is COc1ccc(Cl)cc1Nc1nccc(NCc2ccccn2)n1. The van der Waals surface area contributed by atoms with E-state index in [9.17, 15) is 0 Å². The average Bonchev–Trinajstić information content (AvgIpc) is 2.61. The van der Waals surface area contributed by atoms with Crippen LogP contribution >= 0.6 is 11.6 Å². The highest BCUT2D eigenvalue weighted by atomic mass is 35.5. The lowest BCUT2D eigenvalue weighted by Gasteiger charge is -2.11. The normalized spacial score (nSPS) is 10.2. The fraction of sp³-hybridized carbons (Fsp3) is 0.118. The van der Waals surface area contributed by atoms with Crippen molar-refractivity contribution in [3.63, 3.8) is 0 Å². The number of halogens is 1. The Morgan fingerprint density at radius 2 is 2.00 bits per heavy atom. The largest absolute Gasteiger partial charge is 0.495 e. The first-order valence-corrected chi connectivity index (χ1v) is 7.70. The van der Waals surface area contributed by atoms with Gasteiger partial charge in [-0.25, -0.2) is 4.98 Å². The van der Waals surface area contributed by atoms with E-state index >= 15 is 0 Å². The molecule has 6 nitrogen and oxygen atoms in total. The number of nitrogens with zero attached hydrogens (tertiary/aromatic N) is 3. The molecule has 122 valence electrons. The molecule has 0 fully saturated rings. The maximum Gasteiger partial charge on any atom is 0.229 e. The zero-order valence-corrected chi connectivity index (χ0v) is 13.8. The minimum atomic E-state index is 0.446. The van der Waals surface area contributed by atoms with E-state index in [0.717, 1.165) is 5.69 Å². The second-order valence-corrected chi connectivity index (χ2v) is 5.35. The highest BCUT2D eigenvalue weighted by molar-refractivity contribution is 6.30. The Labute approximate surface area is 144 Å². The molecule has 2 heterocycles. The lowest BCUT2D eigenvalue weighted by Crippen LogP contribution is -2.05. The van der Waals surface area contributed by atoms with Gasteiger partial charge in [-0.2, -0.15) is 4.98 Å². The van der Waals surface area contributed by atoms with Gasteiger partial charge in [0.25, 0.3) is 0 Å². The molecule has 0 spiro atoms. The summed E-state index contributed by atoms with van der Waals surface area (Å²) in [5.74, 6) is 1.80. The van der Waals surface area contributed by atoms with E-state index in [1.165, 1.54) is 0 Å². The van der Waals surface area contributed by atoms with Gasteiger partial charge in [0, 0.05) is 17.4 Å². The van der Waals surface area contributed by atoms with Crippen molar-refractivity contribution in [2.45, 2.75) is 6.54 Å². The fourth-order valence-electron chi connectivity index (χ4n) is 2.10. The maximum atomic E-state index is 6.03. The second kappa shape index (κ2) is 7.61. The van der Waals surface area contributed by atoms with Crippen molar-refractivity contribution in [1.82, 2.24) is 15.0 Å². The Morgan fingerprint density at radius 3 is 2.79 bits per heavy atom. The number of methoxy groups -OCH3 is 1. The van der Waals surface area contributed by atoms with Crippen molar-refractivity contribution >= 4 is 29.1 Å². The highest BCUT2D eigenvalue weighted by Crippen LogP contribution is 2.29. The average molecular weight is 342 g/mol. The number of hydrogen-bond donors (Lipinski definition) is 2. The highest BCUT2D eigenvalue weighted by Gasteiger charge is 2.06. The summed E-state index contributed by atoms with van der Waals surface area (Å²) in [5, 5.41) is 6.93. The number of rotatable bonds is 6. The monoisotopic (exact) mass is 341 g/mol. The molecule has 0 atom stereocenters. The quantitative estimate of drug-likeness (QED) is 0.708. The van der Waals surface area contributed by atoms with Crippen LogP contribution in [-0.4, -0.2) is 22.1 Å². The van der Waals surface area contributed by atoms with Crippen molar-refractivity contribution in [2.75, 3.05) is 17.7 Å². The van der Waals surface area contributed by atoms with Gasteiger partial charge in [-0.3, -0.25) is 4.98 Å². The molecule has 7 heteroatoms. The van der Waals surface area contributed by atoms with E-state index in [0.29, 0.717) is 34.8 Å². The third kappa shape index (κ3) is 4.11. The third-order valence-corrected chi connectivity index (χ3v) is 3.48. The predicted octanol–water partition coefficient (Wildman–Crippen LogP) is 3.89. The Bertz CT molecular complexity index is 813. The number of ether oxygens (including phenoxy) is 1. The molecular weight excluding hydrogens is 326 g/mol. The molecule has 3 aromatic rings. The molecule has 0 aliphatic rings. The van der Waals surface area contributed by atoms with E-state index in [-0.39, 0.29) is 0 Å². The Balaban J connectivity index is 1.72. The Kier molecular flexibility index (Phi) is 5.08. The number of pyridine rings is 1. The van der Waals surface area contributed by atoms with Crippen molar-refractivity contribution in [2.24, 2.45) is 0 Å². The Hall–Kier alpha value is -2.86. The molecule has 0 bridgehead atoms. The zero-order valence-electron chi connectivity index (χ0n) is 13.0. The summed E-state index contributed by atoms with van der Waals surface area (Å²) in [6, 6.07) is 12.9. The first kappa shape index (κ1) is 16.0. The standard InChI is InChI=1S/C17H16ClN5O/c1-24-15-6-5-12(18)10-14(15)22-17-20-9-7-16(23-17)21-11-13-4-2-3-8-19-13/h2-10H,11H2,1H3,(H2,20,21,22,23). The summed E-state index contributed by atoms with van der Waals surface area (Å²) in [6.45, 7) is 0.581. The first-order valence-electron chi connectivity index (χ1n) is 7.32. The summed E-state index contributed by atoms with van der Waals surface area (Å²) in [5.41, 5.74) is 1.63. The Morgan fingerprint density at radius 1 is 1.08 bits per heavy atom. The molecule has 2 aromatic heterocycles. The molecule has 0 saturated carbocycles. The van der Waals surface area contributed by atoms with Crippen LogP contribution in [0.3, 0.4) is 0 Å². The van der Waals surface area contributed by atoms with Crippen molar-refractivity contribution < 1.29 is 4.74 Å². The molecular formula is C17H16ClN5O. The van der Waals surface area contributed by atoms with Crippen molar-refractivity contribution in [3.05, 3.63) is 65.6 Å². The van der Waals surface area contributed by atoms with Gasteiger partial charge < -0.3 is 15.4 Å². The third-order valence-electron chi connectivity index (χ3n) is 3.24. The topological polar surface area (TPSA) is 72.0 Å². The van der Waals surface area contributed by atoms with Crippen LogP contribution in [-0.2, 0) is 6.54 Å². The molecule has 0 aliphatic carbocycles. The van der Waals surface area contributed by atoms with Crippen LogP contribution in [0, 0.1) is 0 Å². The van der Waals surface area contributed by atoms with E-state index in [1.54, 1.807) is 43.8 Å². The lowest BCUT2D eigenvalue weighted by atomic mass is 10.3. The van der Waals surface area contributed by atoms with Crippen molar-refractivity contribution in [1.29, 1.82) is 0 Å². The van der Waals surface area contributed by atoms with Crippen LogP contribution in [0.2, 0.25) is 5.02 Å². The van der Waals surface area contributed by atoms with Crippen LogP contribution in [0.4, 0.5) is 17.5 Å². The summed E-state index contributed by atoms with van der Waals surface area (Å²) < 4.78 is 5.31. The molecule has 0 unspecified atom stereocenters. The minimum absolute atomic E-state index is 0.446. The molecule has 1 aromatic carbocycles. The minimum Gasteiger partial charge on any atom is -0.495 e. The number of benzene rings is 1. The van der Waals surface area contributed by atoms with Crippen molar-refractivity contribution in [3.8, 4) is 5.75 Å². The van der Waals surface area contributed by atoms with E-state index < -0.39 is 0 Å². The van der Waals surface area contributed by atoms with E-state index in [4.69, 9.17) is 16.3 Å². The molecule has 2 N–H and O–H groups in total. The first-order chi connectivity index (χ1) is 11.7. The number of nitrogens with one attached hydrogen (secondary N) is 2. The molecule has 0 saturated heterocycles. The van der Waals surface area contributed by atoms with E-state index in [1.807, 2.05) is 18.2 Å². The lowest BCUT2D eigenvalue weighted by molar-refractivity contribution is 0.417. The van der Waals surface area contributed by atoms with Crippen LogP contribution in [0.25, 0.3) is 0 Å². The van der Waals surface area contributed by atoms with Gasteiger partial charge in [-0.1, -0.05) is 17.7 Å². The summed E-state index contributed by atoms with van der Waals surface area (Å²) in [4.78, 5) is 12.9. The van der Waals surface area contributed by atoms with E-state index in [2.05, 4.69) is 25.6 Å². The number of anilines is 3. The molecule has 0 radical (unpaired) electrons. The van der Waals surface area contributed by atoms with Crippen LogP contribution in [0.5, 0.6) is 5.75 Å². The number of hydrogen-bond acceptors (Lipinski definition) is 6. The summed E-state index contributed by atoms with van der Waals surface area (Å²) in [6.07, 6.45) is 3.43. The van der Waals surface area contributed by atoms with Gasteiger partial charge >= 0.3 is 0 Å². The smallest absolute Gasteiger partial charge is 0.229 e. The molecule has 0 amide bonds. The van der Waals surface area contributed by atoms with Crippen LogP contribution in [0.1, 0.15) is 5.69 Å². The molecule has 0 aliphatic heterocycles. The van der Waals surface area contributed by atoms with Gasteiger partial charge in [0.2, 0.25) is 5.95 Å². The van der Waals surface area contributed by atoms with Crippen LogP contribution < -0.4 is 15.4 Å². The summed E-state index contributed by atoms with van der Waals surface area (Å²) in [7, 11) is 1.60. The fourth-order valence-corrected chi connectivity index (χ4v) is 2.27. The number of aromatic nitrogens is 3. The summed E-state index contributed by atoms with van der Waals surface area (Å²) >= 11 is 6.03. The molecule has 24 heavy (non-hydrogen) atoms. The molecule has 3 rings (SSSR count). The maximum absolute atomic E-state index is 6.03. The van der Waals surface area contributed by atoms with Gasteiger partial charge in [-0.15, -0.1) is 0 Å². The predicted molar refractivity (Wildman–Crippen MR) is 94.9 cm³/mol.